The molecule has 0 aromatic rings. The molecule has 1 fully saturated rings. The first-order valence-electron chi connectivity index (χ1n) is 7.35. The fourth-order valence-electron chi connectivity index (χ4n) is 2.68. The highest BCUT2D eigenvalue weighted by Gasteiger charge is 2.42. The van der Waals surface area contributed by atoms with Crippen molar-refractivity contribution in [3.05, 3.63) is 0 Å². The zero-order chi connectivity index (χ0) is 15.4. The van der Waals surface area contributed by atoms with E-state index in [2.05, 4.69) is 0 Å². The van der Waals surface area contributed by atoms with Crippen molar-refractivity contribution in [3.8, 4) is 0 Å². The van der Waals surface area contributed by atoms with Gasteiger partial charge in [0.2, 0.25) is 5.91 Å². The van der Waals surface area contributed by atoms with E-state index in [9.17, 15) is 14.7 Å². The van der Waals surface area contributed by atoms with Crippen molar-refractivity contribution in [2.24, 2.45) is 5.41 Å². The maximum atomic E-state index is 12.2. The average molecular weight is 285 g/mol. The molecule has 0 aromatic carbocycles. The number of piperidine rings is 1. The molecule has 1 heterocycles. The second kappa shape index (κ2) is 6.57. The second-order valence-electron chi connectivity index (χ2n) is 6.66. The lowest BCUT2D eigenvalue weighted by atomic mass is 9.76. The van der Waals surface area contributed by atoms with Crippen molar-refractivity contribution in [2.75, 3.05) is 19.7 Å². The van der Waals surface area contributed by atoms with Crippen LogP contribution in [0.4, 0.5) is 0 Å². The Morgan fingerprint density at radius 3 is 2.50 bits per heavy atom. The predicted octanol–water partition coefficient (Wildman–Crippen LogP) is 2.30. The molecule has 1 saturated heterocycles. The first kappa shape index (κ1) is 17.0. The Labute approximate surface area is 121 Å². The predicted molar refractivity (Wildman–Crippen MR) is 76.5 cm³/mol. The molecular weight excluding hydrogens is 258 g/mol. The van der Waals surface area contributed by atoms with E-state index >= 15 is 0 Å². The van der Waals surface area contributed by atoms with Crippen molar-refractivity contribution in [1.29, 1.82) is 0 Å². The first-order chi connectivity index (χ1) is 9.20. The van der Waals surface area contributed by atoms with Crippen LogP contribution in [-0.4, -0.2) is 47.2 Å². The minimum Gasteiger partial charge on any atom is -0.481 e. The molecule has 1 amide bonds. The number of hydrogen-bond acceptors (Lipinski definition) is 3. The second-order valence-corrected chi connectivity index (χ2v) is 6.66. The first-order valence-corrected chi connectivity index (χ1v) is 7.35. The van der Waals surface area contributed by atoms with E-state index in [4.69, 9.17) is 4.74 Å². The van der Waals surface area contributed by atoms with Crippen LogP contribution in [0, 0.1) is 5.41 Å². The van der Waals surface area contributed by atoms with E-state index in [0.717, 1.165) is 12.8 Å². The van der Waals surface area contributed by atoms with Gasteiger partial charge in [-0.3, -0.25) is 9.59 Å². The fraction of sp³-hybridized carbons (Fsp3) is 0.867. The number of carbonyl (C=O) groups excluding carboxylic acids is 1. The normalized spacial score (nSPS) is 23.7. The van der Waals surface area contributed by atoms with Gasteiger partial charge in [0.1, 0.15) is 6.61 Å². The fourth-order valence-corrected chi connectivity index (χ4v) is 2.68. The van der Waals surface area contributed by atoms with Crippen molar-refractivity contribution in [1.82, 2.24) is 4.90 Å². The number of likely N-dealkylation sites (tertiary alicyclic amines) is 1. The standard InChI is InChI=1S/C15H27NO4/c1-5-7-15(13(18)19)8-6-9-16(11-15)12(17)10-20-14(2,3)4/h5-11H2,1-4H3,(H,18,19). The Morgan fingerprint density at radius 1 is 1.35 bits per heavy atom. The third-order valence-electron chi connectivity index (χ3n) is 3.74. The number of nitrogens with zero attached hydrogens (tertiary/aromatic N) is 1. The summed E-state index contributed by atoms with van der Waals surface area (Å²) < 4.78 is 5.49. The molecule has 5 nitrogen and oxygen atoms in total. The summed E-state index contributed by atoms with van der Waals surface area (Å²) in [7, 11) is 0. The van der Waals surface area contributed by atoms with Gasteiger partial charge in [-0.05, 0) is 40.0 Å². The highest BCUT2D eigenvalue weighted by Crippen LogP contribution is 2.35. The van der Waals surface area contributed by atoms with Gasteiger partial charge in [0.15, 0.2) is 0 Å². The topological polar surface area (TPSA) is 66.8 Å². The van der Waals surface area contributed by atoms with E-state index in [1.54, 1.807) is 4.90 Å². The lowest BCUT2D eigenvalue weighted by Gasteiger charge is -2.40. The number of hydrogen-bond donors (Lipinski definition) is 1. The quantitative estimate of drug-likeness (QED) is 0.841. The summed E-state index contributed by atoms with van der Waals surface area (Å²) >= 11 is 0. The van der Waals surface area contributed by atoms with Gasteiger partial charge in [0, 0.05) is 13.1 Å². The summed E-state index contributed by atoms with van der Waals surface area (Å²) in [5.74, 6) is -0.894. The number of ether oxygens (including phenoxy) is 1. The number of aliphatic carboxylic acids is 1. The largest absolute Gasteiger partial charge is 0.481 e. The molecule has 0 aromatic heterocycles. The maximum absolute atomic E-state index is 12.2. The Balaban J connectivity index is 2.68. The molecule has 1 unspecified atom stereocenters. The number of carbonyl (C=O) groups is 2. The van der Waals surface area contributed by atoms with Crippen LogP contribution in [0.5, 0.6) is 0 Å². The molecule has 5 heteroatoms. The van der Waals surface area contributed by atoms with E-state index in [1.165, 1.54) is 0 Å². The molecule has 116 valence electrons. The van der Waals surface area contributed by atoms with Crippen LogP contribution in [-0.2, 0) is 14.3 Å². The SMILES string of the molecule is CCCC1(C(=O)O)CCCN(C(=O)COC(C)(C)C)C1. The van der Waals surface area contributed by atoms with Crippen LogP contribution < -0.4 is 0 Å². The maximum Gasteiger partial charge on any atom is 0.311 e. The molecule has 0 saturated carbocycles. The Bertz CT molecular complexity index is 357. The Kier molecular flexibility index (Phi) is 5.57. The van der Waals surface area contributed by atoms with Crippen LogP contribution in [0.3, 0.4) is 0 Å². The van der Waals surface area contributed by atoms with Crippen molar-refractivity contribution in [3.63, 3.8) is 0 Å². The van der Waals surface area contributed by atoms with Gasteiger partial charge in [-0.2, -0.15) is 0 Å². The number of carboxylic acids is 1. The zero-order valence-electron chi connectivity index (χ0n) is 13.1. The molecule has 20 heavy (non-hydrogen) atoms. The van der Waals surface area contributed by atoms with Gasteiger partial charge < -0.3 is 14.7 Å². The van der Waals surface area contributed by atoms with Gasteiger partial charge in [0.05, 0.1) is 11.0 Å². The van der Waals surface area contributed by atoms with E-state index in [1.807, 2.05) is 27.7 Å². The average Bonchev–Trinajstić information content (AvgIpc) is 2.35. The van der Waals surface area contributed by atoms with E-state index in [-0.39, 0.29) is 18.1 Å². The summed E-state index contributed by atoms with van der Waals surface area (Å²) in [6.07, 6.45) is 2.83. The molecule has 1 rings (SSSR count). The molecule has 1 aliphatic rings. The molecule has 0 radical (unpaired) electrons. The molecule has 1 aliphatic heterocycles. The third-order valence-corrected chi connectivity index (χ3v) is 3.74. The highest BCUT2D eigenvalue weighted by atomic mass is 16.5. The minimum absolute atomic E-state index is 0.0192. The molecule has 0 bridgehead atoms. The summed E-state index contributed by atoms with van der Waals surface area (Å²) in [5.41, 5.74) is -1.14. The van der Waals surface area contributed by atoms with Gasteiger partial charge >= 0.3 is 5.97 Å². The number of carboxylic acid groups (broad SMARTS) is 1. The van der Waals surface area contributed by atoms with Gasteiger partial charge in [-0.15, -0.1) is 0 Å². The van der Waals surface area contributed by atoms with Crippen molar-refractivity contribution >= 4 is 11.9 Å². The van der Waals surface area contributed by atoms with Gasteiger partial charge in [-0.25, -0.2) is 0 Å². The molecular formula is C15H27NO4. The van der Waals surface area contributed by atoms with Crippen LogP contribution in [0.2, 0.25) is 0 Å². The van der Waals surface area contributed by atoms with E-state index < -0.39 is 11.4 Å². The van der Waals surface area contributed by atoms with Crippen LogP contribution in [0.15, 0.2) is 0 Å². The van der Waals surface area contributed by atoms with Crippen LogP contribution in [0.25, 0.3) is 0 Å². The number of rotatable bonds is 5. The summed E-state index contributed by atoms with van der Waals surface area (Å²) in [6.45, 7) is 8.63. The highest BCUT2D eigenvalue weighted by molar-refractivity contribution is 5.80. The minimum atomic E-state index is -0.784. The van der Waals surface area contributed by atoms with Crippen molar-refractivity contribution < 1.29 is 19.4 Å². The molecule has 0 spiro atoms. The number of amides is 1. The molecule has 0 aliphatic carbocycles. The van der Waals surface area contributed by atoms with E-state index in [0.29, 0.717) is 25.9 Å². The van der Waals surface area contributed by atoms with Crippen LogP contribution >= 0.6 is 0 Å². The van der Waals surface area contributed by atoms with Gasteiger partial charge in [0.25, 0.3) is 0 Å². The summed E-state index contributed by atoms with van der Waals surface area (Å²) in [5, 5.41) is 9.51. The van der Waals surface area contributed by atoms with Gasteiger partial charge in [-0.1, -0.05) is 13.3 Å². The Hall–Kier alpha value is -1.10. The lowest BCUT2D eigenvalue weighted by Crippen LogP contribution is -2.51. The lowest BCUT2D eigenvalue weighted by molar-refractivity contribution is -0.157. The smallest absolute Gasteiger partial charge is 0.311 e. The summed E-state index contributed by atoms with van der Waals surface area (Å²) in [6, 6.07) is 0. The zero-order valence-corrected chi connectivity index (χ0v) is 13.1. The molecule has 1 N–H and O–H groups in total. The third kappa shape index (κ3) is 4.47. The monoisotopic (exact) mass is 285 g/mol. The van der Waals surface area contributed by atoms with Crippen LogP contribution in [0.1, 0.15) is 53.4 Å². The summed E-state index contributed by atoms with van der Waals surface area (Å²) in [4.78, 5) is 25.4. The molecule has 1 atom stereocenters. The van der Waals surface area contributed by atoms with Crippen molar-refractivity contribution in [2.45, 2.75) is 59.0 Å². The Morgan fingerprint density at radius 2 is 2.00 bits per heavy atom.